The third kappa shape index (κ3) is 3.82. The molecule has 4 aromatic rings. The topological polar surface area (TPSA) is 36.3 Å². The number of ether oxygens (including phenoxy) is 2. The van der Waals surface area contributed by atoms with Crippen molar-refractivity contribution in [2.24, 2.45) is 0 Å². The largest absolute Gasteiger partial charge is 0.497 e. The Balaban J connectivity index is 1.57. The van der Waals surface area contributed by atoms with Crippen molar-refractivity contribution in [1.29, 1.82) is 0 Å². The van der Waals surface area contributed by atoms with Crippen molar-refractivity contribution >= 4 is 22.6 Å². The molecule has 0 unspecified atom stereocenters. The number of methoxy groups -OCH3 is 1. The molecule has 4 nitrogen and oxygen atoms in total. The van der Waals surface area contributed by atoms with Crippen molar-refractivity contribution in [3.8, 4) is 22.9 Å². The van der Waals surface area contributed by atoms with E-state index in [0.29, 0.717) is 17.4 Å². The summed E-state index contributed by atoms with van der Waals surface area (Å²) in [4.78, 5) is 4.85. The monoisotopic (exact) mass is 392 g/mol. The standard InChI is InChI=1S/C23H21ClN2O2/c1-27-18-9-6-8-17(16-18)23-25-20-11-3-4-12-21(20)26(23)14-7-15-28-22-13-5-2-10-19(22)24/h2-6,8-13,16H,7,14-15H2,1H3. The average molecular weight is 393 g/mol. The molecule has 1 heterocycles. The van der Waals surface area contributed by atoms with Gasteiger partial charge in [-0.3, -0.25) is 0 Å². The van der Waals surface area contributed by atoms with Crippen LogP contribution in [0.5, 0.6) is 11.5 Å². The molecule has 0 saturated heterocycles. The number of imidazole rings is 1. The molecule has 0 spiro atoms. The maximum atomic E-state index is 6.16. The van der Waals surface area contributed by atoms with Crippen LogP contribution in [0.2, 0.25) is 5.02 Å². The fourth-order valence-electron chi connectivity index (χ4n) is 3.25. The molecule has 3 aromatic carbocycles. The number of fused-ring (bicyclic) bond motifs is 1. The Morgan fingerprint density at radius 2 is 1.79 bits per heavy atom. The zero-order valence-corrected chi connectivity index (χ0v) is 16.4. The van der Waals surface area contributed by atoms with Crippen LogP contribution in [0, 0.1) is 0 Å². The molecule has 0 aliphatic carbocycles. The third-order valence-electron chi connectivity index (χ3n) is 4.60. The van der Waals surface area contributed by atoms with Crippen molar-refractivity contribution in [2.75, 3.05) is 13.7 Å². The van der Waals surface area contributed by atoms with Crippen LogP contribution in [-0.2, 0) is 6.54 Å². The van der Waals surface area contributed by atoms with E-state index in [9.17, 15) is 0 Å². The molecule has 0 aliphatic heterocycles. The summed E-state index contributed by atoms with van der Waals surface area (Å²) in [6.07, 6.45) is 0.836. The van der Waals surface area contributed by atoms with E-state index in [0.717, 1.165) is 41.1 Å². The Bertz CT molecular complexity index is 1090. The van der Waals surface area contributed by atoms with Crippen LogP contribution >= 0.6 is 11.6 Å². The van der Waals surface area contributed by atoms with Gasteiger partial charge in [-0.25, -0.2) is 4.98 Å². The Kier molecular flexibility index (Phi) is 5.49. The summed E-state index contributed by atoms with van der Waals surface area (Å²) in [5.74, 6) is 2.46. The zero-order chi connectivity index (χ0) is 19.3. The highest BCUT2D eigenvalue weighted by molar-refractivity contribution is 6.32. The van der Waals surface area contributed by atoms with Gasteiger partial charge in [-0.05, 0) is 42.8 Å². The molecule has 0 fully saturated rings. The summed E-state index contributed by atoms with van der Waals surface area (Å²) >= 11 is 6.16. The molecule has 0 saturated carbocycles. The first kappa shape index (κ1) is 18.4. The normalized spacial score (nSPS) is 10.9. The molecule has 5 heteroatoms. The van der Waals surface area contributed by atoms with Crippen LogP contribution in [0.4, 0.5) is 0 Å². The van der Waals surface area contributed by atoms with Crippen LogP contribution in [0.25, 0.3) is 22.4 Å². The minimum atomic E-state index is 0.577. The Morgan fingerprint density at radius 3 is 2.64 bits per heavy atom. The molecule has 28 heavy (non-hydrogen) atoms. The predicted molar refractivity (Wildman–Crippen MR) is 113 cm³/mol. The average Bonchev–Trinajstić information content (AvgIpc) is 3.11. The fourth-order valence-corrected chi connectivity index (χ4v) is 3.44. The number of halogens is 1. The summed E-state index contributed by atoms with van der Waals surface area (Å²) in [6, 6.07) is 23.7. The number of aryl methyl sites for hydroxylation is 1. The van der Waals surface area contributed by atoms with E-state index in [1.807, 2.05) is 60.7 Å². The number of hydrogen-bond acceptors (Lipinski definition) is 3. The number of benzene rings is 3. The van der Waals surface area contributed by atoms with Crippen LogP contribution in [0.1, 0.15) is 6.42 Å². The predicted octanol–water partition coefficient (Wildman–Crippen LogP) is 5.83. The van der Waals surface area contributed by atoms with Crippen molar-refractivity contribution in [3.63, 3.8) is 0 Å². The second-order valence-electron chi connectivity index (χ2n) is 6.44. The number of para-hydroxylation sites is 3. The van der Waals surface area contributed by atoms with E-state index in [2.05, 4.69) is 16.7 Å². The summed E-state index contributed by atoms with van der Waals surface area (Å²) in [6.45, 7) is 1.37. The van der Waals surface area contributed by atoms with Gasteiger partial charge in [0, 0.05) is 12.1 Å². The number of rotatable bonds is 7. The minimum Gasteiger partial charge on any atom is -0.497 e. The fraction of sp³-hybridized carbons (Fsp3) is 0.174. The molecule has 0 amide bonds. The van der Waals surface area contributed by atoms with Crippen molar-refractivity contribution < 1.29 is 9.47 Å². The van der Waals surface area contributed by atoms with Gasteiger partial charge in [0.2, 0.25) is 0 Å². The first-order valence-corrected chi connectivity index (χ1v) is 9.61. The van der Waals surface area contributed by atoms with Gasteiger partial charge >= 0.3 is 0 Å². The molecular weight excluding hydrogens is 372 g/mol. The molecule has 0 aliphatic rings. The van der Waals surface area contributed by atoms with Gasteiger partial charge in [0.15, 0.2) is 0 Å². The van der Waals surface area contributed by atoms with Crippen LogP contribution in [0.15, 0.2) is 72.8 Å². The maximum absolute atomic E-state index is 6.16. The van der Waals surface area contributed by atoms with Gasteiger partial charge in [0.25, 0.3) is 0 Å². The van der Waals surface area contributed by atoms with Gasteiger partial charge in [-0.1, -0.05) is 48.0 Å². The molecule has 0 N–H and O–H groups in total. The van der Waals surface area contributed by atoms with Crippen LogP contribution in [0.3, 0.4) is 0 Å². The van der Waals surface area contributed by atoms with E-state index >= 15 is 0 Å². The lowest BCUT2D eigenvalue weighted by atomic mass is 10.2. The lowest BCUT2D eigenvalue weighted by molar-refractivity contribution is 0.303. The molecule has 1 aromatic heterocycles. The van der Waals surface area contributed by atoms with Gasteiger partial charge in [-0.2, -0.15) is 0 Å². The van der Waals surface area contributed by atoms with Crippen molar-refractivity contribution in [2.45, 2.75) is 13.0 Å². The zero-order valence-electron chi connectivity index (χ0n) is 15.6. The minimum absolute atomic E-state index is 0.577. The summed E-state index contributed by atoms with van der Waals surface area (Å²) in [7, 11) is 1.67. The van der Waals surface area contributed by atoms with Crippen LogP contribution in [-0.4, -0.2) is 23.3 Å². The van der Waals surface area contributed by atoms with E-state index < -0.39 is 0 Å². The molecule has 142 valence electrons. The molecule has 0 bridgehead atoms. The number of nitrogens with zero attached hydrogens (tertiary/aromatic N) is 2. The second-order valence-corrected chi connectivity index (χ2v) is 6.85. The summed E-state index contributed by atoms with van der Waals surface area (Å²) in [5, 5.41) is 0.632. The highest BCUT2D eigenvalue weighted by Crippen LogP contribution is 2.28. The molecule has 0 radical (unpaired) electrons. The van der Waals surface area contributed by atoms with E-state index in [-0.39, 0.29) is 0 Å². The lowest BCUT2D eigenvalue weighted by Gasteiger charge is -2.12. The van der Waals surface area contributed by atoms with Gasteiger partial charge in [-0.15, -0.1) is 0 Å². The summed E-state index contributed by atoms with van der Waals surface area (Å²) in [5.41, 5.74) is 3.12. The highest BCUT2D eigenvalue weighted by atomic mass is 35.5. The van der Waals surface area contributed by atoms with E-state index in [4.69, 9.17) is 26.1 Å². The first-order chi connectivity index (χ1) is 13.8. The highest BCUT2D eigenvalue weighted by Gasteiger charge is 2.13. The smallest absolute Gasteiger partial charge is 0.141 e. The van der Waals surface area contributed by atoms with Crippen LogP contribution < -0.4 is 9.47 Å². The second kappa shape index (κ2) is 8.36. The molecular formula is C23H21ClN2O2. The van der Waals surface area contributed by atoms with Gasteiger partial charge < -0.3 is 14.0 Å². The molecule has 0 atom stereocenters. The quantitative estimate of drug-likeness (QED) is 0.371. The third-order valence-corrected chi connectivity index (χ3v) is 4.92. The first-order valence-electron chi connectivity index (χ1n) is 9.23. The van der Waals surface area contributed by atoms with Crippen molar-refractivity contribution in [3.05, 3.63) is 77.8 Å². The Labute approximate surface area is 169 Å². The molecule has 4 rings (SSSR count). The Hall–Kier alpha value is -2.98. The van der Waals surface area contributed by atoms with E-state index in [1.54, 1.807) is 7.11 Å². The lowest BCUT2D eigenvalue weighted by Crippen LogP contribution is -2.06. The number of aromatic nitrogens is 2. The van der Waals surface area contributed by atoms with Crippen molar-refractivity contribution in [1.82, 2.24) is 9.55 Å². The van der Waals surface area contributed by atoms with E-state index in [1.165, 1.54) is 0 Å². The van der Waals surface area contributed by atoms with Gasteiger partial charge in [0.1, 0.15) is 17.3 Å². The summed E-state index contributed by atoms with van der Waals surface area (Å²) < 4.78 is 13.5. The number of hydrogen-bond donors (Lipinski definition) is 0. The Morgan fingerprint density at radius 1 is 0.964 bits per heavy atom. The SMILES string of the molecule is COc1cccc(-c2nc3ccccc3n2CCCOc2ccccc2Cl)c1. The van der Waals surface area contributed by atoms with Gasteiger partial charge in [0.05, 0.1) is 29.8 Å². The maximum Gasteiger partial charge on any atom is 0.141 e.